The van der Waals surface area contributed by atoms with Crippen LogP contribution in [0.4, 0.5) is 14.0 Å². The minimum Gasteiger partial charge on any atom is -0.446 e. The highest BCUT2D eigenvalue weighted by atomic mass is 19.1. The maximum atomic E-state index is 13.7. The van der Waals surface area contributed by atoms with E-state index in [0.29, 0.717) is 38.0 Å². The zero-order valence-electron chi connectivity index (χ0n) is 36.1. The topological polar surface area (TPSA) is 95.0 Å². The Hall–Kier alpha value is -1.69. The molecule has 3 unspecified atom stereocenters. The van der Waals surface area contributed by atoms with E-state index < -0.39 is 12.3 Å². The van der Waals surface area contributed by atoms with Gasteiger partial charge in [0.1, 0.15) is 18.4 Å². The van der Waals surface area contributed by atoms with Crippen LogP contribution >= 0.6 is 0 Å². The van der Waals surface area contributed by atoms with Crippen molar-refractivity contribution in [1.82, 2.24) is 19.6 Å². The van der Waals surface area contributed by atoms with E-state index in [4.69, 9.17) is 14.2 Å². The van der Waals surface area contributed by atoms with E-state index in [1.54, 1.807) is 4.90 Å². The average Bonchev–Trinajstić information content (AvgIpc) is 3.68. The molecular formula is C45H75FN4O6. The number of hydrogen-bond acceptors (Lipinski definition) is 8. The van der Waals surface area contributed by atoms with Crippen LogP contribution in [0.3, 0.4) is 0 Å². The number of halogens is 1. The second kappa shape index (κ2) is 14.8. The maximum Gasteiger partial charge on any atom is 0.410 e. The largest absolute Gasteiger partial charge is 0.446 e. The summed E-state index contributed by atoms with van der Waals surface area (Å²) in [7, 11) is 0. The molecular weight excluding hydrogens is 712 g/mol. The van der Waals surface area contributed by atoms with Crippen LogP contribution in [0.1, 0.15) is 120 Å². The number of amides is 2. The van der Waals surface area contributed by atoms with Gasteiger partial charge in [-0.1, -0.05) is 61.8 Å². The SMILES string of the molecule is CCC[C@H]1C(C)(C)[C@@H](OC(=O)N2CCN(CCN3CC(F)C3)CC2)CC[C@@]12CC21CC[C@]2(C)[C@@H]3C(OC([C@H](OC(=O)N4CCC4)C(C)C)C[C@H]3C)[C@H](O)[C@@]2(C)C1. The van der Waals surface area contributed by atoms with Crippen LogP contribution in [0.25, 0.3) is 0 Å². The van der Waals surface area contributed by atoms with Crippen molar-refractivity contribution in [2.75, 3.05) is 65.4 Å². The number of aliphatic hydroxyl groups excluding tert-OH is 1. The minimum atomic E-state index is -0.666. The third-order valence-corrected chi connectivity index (χ3v) is 18.0. The fourth-order valence-electron chi connectivity index (χ4n) is 14.4. The van der Waals surface area contributed by atoms with Crippen molar-refractivity contribution in [3.8, 4) is 0 Å². The summed E-state index contributed by atoms with van der Waals surface area (Å²) in [5.41, 5.74) is -0.118. The van der Waals surface area contributed by atoms with E-state index in [0.717, 1.165) is 90.6 Å². The summed E-state index contributed by atoms with van der Waals surface area (Å²) >= 11 is 0. The molecule has 0 aromatic rings. The quantitative estimate of drug-likeness (QED) is 0.262. The lowest BCUT2D eigenvalue weighted by Gasteiger charge is -2.57. The number of carbonyl (C=O) groups excluding carboxylic acids is 2. The van der Waals surface area contributed by atoms with E-state index in [2.05, 4.69) is 65.2 Å². The molecule has 0 radical (unpaired) electrons. The first kappa shape index (κ1) is 41.1. The van der Waals surface area contributed by atoms with E-state index in [1.807, 2.05) is 4.90 Å². The molecule has 0 aromatic carbocycles. The first-order chi connectivity index (χ1) is 26.5. The molecule has 56 heavy (non-hydrogen) atoms. The van der Waals surface area contributed by atoms with E-state index in [-0.39, 0.29) is 75.5 Å². The Morgan fingerprint density at radius 1 is 0.893 bits per heavy atom. The average molecular weight is 787 g/mol. The van der Waals surface area contributed by atoms with Gasteiger partial charge in [-0.15, -0.1) is 0 Å². The highest BCUT2D eigenvalue weighted by Gasteiger charge is 2.80. The Balaban J connectivity index is 0.932. The highest BCUT2D eigenvalue weighted by Crippen LogP contribution is 2.85. The Kier molecular flexibility index (Phi) is 10.8. The Morgan fingerprint density at radius 3 is 2.20 bits per heavy atom. The predicted molar refractivity (Wildman–Crippen MR) is 214 cm³/mol. The van der Waals surface area contributed by atoms with Crippen LogP contribution in [0, 0.1) is 50.7 Å². The monoisotopic (exact) mass is 787 g/mol. The van der Waals surface area contributed by atoms with Gasteiger partial charge in [0.25, 0.3) is 0 Å². The molecule has 11 heteroatoms. The van der Waals surface area contributed by atoms with Gasteiger partial charge in [-0.2, -0.15) is 0 Å². The summed E-state index contributed by atoms with van der Waals surface area (Å²) in [6.45, 7) is 26.0. The number of carbonyl (C=O) groups is 2. The van der Waals surface area contributed by atoms with Gasteiger partial charge >= 0.3 is 12.2 Å². The lowest BCUT2D eigenvalue weighted by atomic mass is 9.48. The first-order valence-corrected chi connectivity index (χ1v) is 22.8. The van der Waals surface area contributed by atoms with Crippen molar-refractivity contribution < 1.29 is 33.3 Å². The van der Waals surface area contributed by atoms with Gasteiger partial charge in [0, 0.05) is 76.3 Å². The molecule has 8 rings (SSSR count). The van der Waals surface area contributed by atoms with Gasteiger partial charge in [0.15, 0.2) is 0 Å². The number of aliphatic hydroxyl groups is 1. The molecule has 4 saturated heterocycles. The number of ether oxygens (including phenoxy) is 3. The smallest absolute Gasteiger partial charge is 0.410 e. The number of likely N-dealkylation sites (tertiary alicyclic amines) is 2. The molecule has 12 atom stereocenters. The molecule has 4 saturated carbocycles. The third kappa shape index (κ3) is 6.52. The lowest BCUT2D eigenvalue weighted by Crippen LogP contribution is -2.55. The lowest BCUT2D eigenvalue weighted by molar-refractivity contribution is -0.180. The second-order valence-electron chi connectivity index (χ2n) is 21.6. The first-order valence-electron chi connectivity index (χ1n) is 22.8. The van der Waals surface area contributed by atoms with Gasteiger partial charge < -0.3 is 29.1 Å². The fraction of sp³-hybridized carbons (Fsp3) is 0.956. The van der Waals surface area contributed by atoms with Crippen molar-refractivity contribution in [2.24, 2.45) is 50.7 Å². The van der Waals surface area contributed by atoms with E-state index in [9.17, 15) is 19.1 Å². The van der Waals surface area contributed by atoms with Gasteiger partial charge in [-0.05, 0) is 97.7 Å². The Morgan fingerprint density at radius 2 is 1.57 bits per heavy atom. The van der Waals surface area contributed by atoms with Crippen LogP contribution in [-0.4, -0.2) is 139 Å². The summed E-state index contributed by atoms with van der Waals surface area (Å²) in [6, 6.07) is 0. The fourth-order valence-corrected chi connectivity index (χ4v) is 14.4. The van der Waals surface area contributed by atoms with Crippen molar-refractivity contribution in [2.45, 2.75) is 156 Å². The number of nitrogens with zero attached hydrogens (tertiary/aromatic N) is 4. The summed E-state index contributed by atoms with van der Waals surface area (Å²) in [4.78, 5) is 34.9. The van der Waals surface area contributed by atoms with Crippen molar-refractivity contribution in [3.63, 3.8) is 0 Å². The Labute approximate surface area is 336 Å². The third-order valence-electron chi connectivity index (χ3n) is 18.0. The number of fused-ring (bicyclic) bond motifs is 4. The molecule has 318 valence electrons. The van der Waals surface area contributed by atoms with Crippen molar-refractivity contribution >= 4 is 12.2 Å². The van der Waals surface area contributed by atoms with Crippen LogP contribution in [0.2, 0.25) is 0 Å². The number of hydrogen-bond donors (Lipinski definition) is 1. The van der Waals surface area contributed by atoms with Crippen LogP contribution in [0.5, 0.6) is 0 Å². The molecule has 1 N–H and O–H groups in total. The van der Waals surface area contributed by atoms with Crippen LogP contribution in [-0.2, 0) is 14.2 Å². The maximum absolute atomic E-state index is 13.7. The molecule has 4 aliphatic heterocycles. The molecule has 0 bridgehead atoms. The number of piperazine rings is 1. The van der Waals surface area contributed by atoms with Gasteiger partial charge in [0.05, 0.1) is 18.3 Å². The molecule has 8 fully saturated rings. The van der Waals surface area contributed by atoms with Gasteiger partial charge in [-0.25, -0.2) is 14.0 Å². The highest BCUT2D eigenvalue weighted by molar-refractivity contribution is 5.69. The zero-order chi connectivity index (χ0) is 40.0. The predicted octanol–water partition coefficient (Wildman–Crippen LogP) is 7.22. The normalized spacial score (nSPS) is 44.2. The van der Waals surface area contributed by atoms with E-state index in [1.165, 1.54) is 12.8 Å². The minimum absolute atomic E-state index is 0.0446. The molecule has 10 nitrogen and oxygen atoms in total. The summed E-state index contributed by atoms with van der Waals surface area (Å²) < 4.78 is 32.9. The molecule has 2 amide bonds. The van der Waals surface area contributed by atoms with Crippen LogP contribution < -0.4 is 0 Å². The zero-order valence-corrected chi connectivity index (χ0v) is 36.1. The summed E-state index contributed by atoms with van der Waals surface area (Å²) in [6.07, 6.45) is 7.98. The van der Waals surface area contributed by atoms with E-state index >= 15 is 0 Å². The molecule has 8 aliphatic rings. The molecule has 4 aliphatic carbocycles. The van der Waals surface area contributed by atoms with Crippen LogP contribution in [0.15, 0.2) is 0 Å². The Bertz CT molecular complexity index is 1470. The molecule has 2 spiro atoms. The van der Waals surface area contributed by atoms with Crippen molar-refractivity contribution in [3.05, 3.63) is 0 Å². The summed E-state index contributed by atoms with van der Waals surface area (Å²) in [5, 5.41) is 12.6. The standard InChI is InChI=1S/C45H75FN4O6/c1-9-11-33-41(5,6)34(55-39(52)50-22-20-47(21-23-50)18-19-48-25-31(46)26-48)12-13-45(33)28-44(45)15-14-42(7)35-30(4)24-32(54-37(35)38(51)43(42,8)27-44)36(29(2)3)56-40(53)49-16-10-17-49/h29-38,51H,9-28H2,1-8H3/t30-,32?,33+,34+,35+,36-,37?,38+,42-,43-,44?,45-/m1/s1. The van der Waals surface area contributed by atoms with Gasteiger partial charge in [-0.3, -0.25) is 9.80 Å². The second-order valence-corrected chi connectivity index (χ2v) is 21.6. The van der Waals surface area contributed by atoms with Gasteiger partial charge in [0.2, 0.25) is 0 Å². The summed E-state index contributed by atoms with van der Waals surface area (Å²) in [5.74, 6) is 1.17. The number of rotatable bonds is 9. The molecule has 0 aromatic heterocycles. The number of alkyl halides is 1. The van der Waals surface area contributed by atoms with Crippen molar-refractivity contribution in [1.29, 1.82) is 0 Å². The molecule has 4 heterocycles.